The number of rotatable bonds is 5. The lowest BCUT2D eigenvalue weighted by molar-refractivity contribution is 0.0468. The van der Waals surface area contributed by atoms with Crippen molar-refractivity contribution >= 4 is 5.97 Å². The first kappa shape index (κ1) is 13.1. The van der Waals surface area contributed by atoms with E-state index in [0.29, 0.717) is 18.8 Å². The summed E-state index contributed by atoms with van der Waals surface area (Å²) >= 11 is 0. The van der Waals surface area contributed by atoms with Gasteiger partial charge in [-0.1, -0.05) is 6.07 Å². The molecule has 0 unspecified atom stereocenters. The van der Waals surface area contributed by atoms with Crippen molar-refractivity contribution in [2.45, 2.75) is 19.4 Å². The largest absolute Gasteiger partial charge is 0.462 e. The Hall–Kier alpha value is -1.39. The SMILES string of the molecule is COCCCOC(=O)c1ccc2c(c1)CNCC2. The van der Waals surface area contributed by atoms with Crippen LogP contribution in [0.15, 0.2) is 18.2 Å². The van der Waals surface area contributed by atoms with Crippen molar-refractivity contribution in [3.63, 3.8) is 0 Å². The molecular weight excluding hydrogens is 230 g/mol. The van der Waals surface area contributed by atoms with Crippen molar-refractivity contribution in [3.8, 4) is 0 Å². The Morgan fingerprint density at radius 1 is 1.33 bits per heavy atom. The second-order valence-electron chi connectivity index (χ2n) is 4.39. The highest BCUT2D eigenvalue weighted by molar-refractivity contribution is 5.89. The lowest BCUT2D eigenvalue weighted by Gasteiger charge is -2.17. The minimum atomic E-state index is -0.250. The zero-order valence-electron chi connectivity index (χ0n) is 10.7. The van der Waals surface area contributed by atoms with Gasteiger partial charge in [0.05, 0.1) is 12.2 Å². The van der Waals surface area contributed by atoms with Crippen LogP contribution in [0.5, 0.6) is 0 Å². The molecule has 1 aromatic carbocycles. The average molecular weight is 249 g/mol. The number of carbonyl (C=O) groups is 1. The van der Waals surface area contributed by atoms with Crippen LogP contribution < -0.4 is 5.32 Å². The summed E-state index contributed by atoms with van der Waals surface area (Å²) in [6.45, 7) is 2.86. The predicted molar refractivity (Wildman–Crippen MR) is 68.6 cm³/mol. The Bertz CT molecular complexity index is 418. The van der Waals surface area contributed by atoms with Gasteiger partial charge >= 0.3 is 5.97 Å². The molecule has 0 bridgehead atoms. The van der Waals surface area contributed by atoms with Crippen molar-refractivity contribution in [1.29, 1.82) is 0 Å². The molecule has 98 valence electrons. The molecule has 18 heavy (non-hydrogen) atoms. The van der Waals surface area contributed by atoms with Crippen molar-refractivity contribution in [1.82, 2.24) is 5.32 Å². The summed E-state index contributed by atoms with van der Waals surface area (Å²) in [5, 5.41) is 3.30. The van der Waals surface area contributed by atoms with Crippen molar-refractivity contribution in [3.05, 3.63) is 34.9 Å². The Morgan fingerprint density at radius 3 is 3.06 bits per heavy atom. The summed E-state index contributed by atoms with van der Waals surface area (Å²) in [6, 6.07) is 5.81. The van der Waals surface area contributed by atoms with Gasteiger partial charge in [-0.3, -0.25) is 0 Å². The first-order chi connectivity index (χ1) is 8.81. The van der Waals surface area contributed by atoms with Crippen LogP contribution in [-0.4, -0.2) is 32.8 Å². The van der Waals surface area contributed by atoms with Crippen LogP contribution in [0.25, 0.3) is 0 Å². The van der Waals surface area contributed by atoms with E-state index < -0.39 is 0 Å². The summed E-state index contributed by atoms with van der Waals surface area (Å²) in [5.41, 5.74) is 3.16. The van der Waals surface area contributed by atoms with Crippen LogP contribution in [0.3, 0.4) is 0 Å². The summed E-state index contributed by atoms with van der Waals surface area (Å²) in [6.07, 6.45) is 1.76. The van der Waals surface area contributed by atoms with E-state index in [0.717, 1.165) is 25.9 Å². The monoisotopic (exact) mass is 249 g/mol. The molecule has 1 aliphatic heterocycles. The summed E-state index contributed by atoms with van der Waals surface area (Å²) in [5.74, 6) is -0.250. The van der Waals surface area contributed by atoms with Crippen LogP contribution >= 0.6 is 0 Å². The van der Waals surface area contributed by atoms with E-state index in [1.165, 1.54) is 11.1 Å². The zero-order valence-corrected chi connectivity index (χ0v) is 10.7. The van der Waals surface area contributed by atoms with E-state index in [1.54, 1.807) is 7.11 Å². The van der Waals surface area contributed by atoms with Crippen LogP contribution in [0.4, 0.5) is 0 Å². The van der Waals surface area contributed by atoms with E-state index in [2.05, 4.69) is 5.32 Å². The number of benzene rings is 1. The molecule has 4 heteroatoms. The van der Waals surface area contributed by atoms with E-state index in [-0.39, 0.29) is 5.97 Å². The first-order valence-electron chi connectivity index (χ1n) is 6.30. The molecule has 1 aromatic rings. The zero-order chi connectivity index (χ0) is 12.8. The fraction of sp³-hybridized carbons (Fsp3) is 0.500. The third-order valence-electron chi connectivity index (χ3n) is 3.05. The van der Waals surface area contributed by atoms with Crippen LogP contribution in [-0.2, 0) is 22.4 Å². The summed E-state index contributed by atoms with van der Waals surface area (Å²) in [4.78, 5) is 11.8. The van der Waals surface area contributed by atoms with Gasteiger partial charge in [-0.25, -0.2) is 4.79 Å². The van der Waals surface area contributed by atoms with Gasteiger partial charge in [0.25, 0.3) is 0 Å². The van der Waals surface area contributed by atoms with E-state index in [1.807, 2.05) is 18.2 Å². The number of ether oxygens (including phenoxy) is 2. The molecule has 2 rings (SSSR count). The molecule has 1 aliphatic rings. The summed E-state index contributed by atoms with van der Waals surface area (Å²) in [7, 11) is 1.64. The minimum Gasteiger partial charge on any atom is -0.462 e. The smallest absolute Gasteiger partial charge is 0.338 e. The maximum Gasteiger partial charge on any atom is 0.338 e. The number of methoxy groups -OCH3 is 1. The number of nitrogens with one attached hydrogen (secondary N) is 1. The molecule has 0 spiro atoms. The third-order valence-corrected chi connectivity index (χ3v) is 3.05. The lowest BCUT2D eigenvalue weighted by Crippen LogP contribution is -2.24. The second kappa shape index (κ2) is 6.52. The highest BCUT2D eigenvalue weighted by atomic mass is 16.5. The van der Waals surface area contributed by atoms with Crippen LogP contribution in [0.1, 0.15) is 27.9 Å². The number of esters is 1. The molecule has 0 amide bonds. The average Bonchev–Trinajstić information content (AvgIpc) is 2.43. The lowest BCUT2D eigenvalue weighted by atomic mass is 9.99. The standard InChI is InChI=1S/C14H19NO3/c1-17-7-2-8-18-14(16)12-4-3-11-5-6-15-10-13(11)9-12/h3-4,9,15H,2,5-8,10H2,1H3. The third kappa shape index (κ3) is 3.31. The normalized spacial score (nSPS) is 14.1. The van der Waals surface area contributed by atoms with Gasteiger partial charge in [0.1, 0.15) is 0 Å². The Labute approximate surface area is 107 Å². The Balaban J connectivity index is 1.94. The molecule has 0 atom stereocenters. The van der Waals surface area contributed by atoms with Crippen molar-refractivity contribution < 1.29 is 14.3 Å². The quantitative estimate of drug-likeness (QED) is 0.635. The van der Waals surface area contributed by atoms with E-state index in [9.17, 15) is 4.79 Å². The van der Waals surface area contributed by atoms with Gasteiger partial charge in [0.2, 0.25) is 0 Å². The molecule has 4 nitrogen and oxygen atoms in total. The van der Waals surface area contributed by atoms with Gasteiger partial charge < -0.3 is 14.8 Å². The van der Waals surface area contributed by atoms with Gasteiger partial charge in [0, 0.05) is 26.7 Å². The number of fused-ring (bicyclic) bond motifs is 1. The van der Waals surface area contributed by atoms with Gasteiger partial charge in [-0.2, -0.15) is 0 Å². The van der Waals surface area contributed by atoms with E-state index >= 15 is 0 Å². The van der Waals surface area contributed by atoms with Gasteiger partial charge in [-0.15, -0.1) is 0 Å². The topological polar surface area (TPSA) is 47.6 Å². The molecule has 0 aliphatic carbocycles. The second-order valence-corrected chi connectivity index (χ2v) is 4.39. The predicted octanol–water partition coefficient (Wildman–Crippen LogP) is 1.53. The fourth-order valence-corrected chi connectivity index (χ4v) is 2.06. The van der Waals surface area contributed by atoms with Gasteiger partial charge in [-0.05, 0) is 36.2 Å². The molecule has 0 saturated carbocycles. The maximum atomic E-state index is 11.8. The summed E-state index contributed by atoms with van der Waals surface area (Å²) < 4.78 is 10.1. The molecular formula is C14H19NO3. The minimum absolute atomic E-state index is 0.250. The number of hydrogen-bond acceptors (Lipinski definition) is 4. The highest BCUT2D eigenvalue weighted by Gasteiger charge is 2.13. The Morgan fingerprint density at radius 2 is 2.22 bits per heavy atom. The molecule has 0 aromatic heterocycles. The van der Waals surface area contributed by atoms with Gasteiger partial charge in [0.15, 0.2) is 0 Å². The Kier molecular flexibility index (Phi) is 4.73. The first-order valence-corrected chi connectivity index (χ1v) is 6.30. The maximum absolute atomic E-state index is 11.8. The highest BCUT2D eigenvalue weighted by Crippen LogP contribution is 2.16. The number of carbonyl (C=O) groups excluding carboxylic acids is 1. The molecule has 0 saturated heterocycles. The molecule has 1 N–H and O–H groups in total. The van der Waals surface area contributed by atoms with Crippen LogP contribution in [0, 0.1) is 0 Å². The van der Waals surface area contributed by atoms with Crippen molar-refractivity contribution in [2.75, 3.05) is 26.9 Å². The molecule has 0 radical (unpaired) electrons. The number of hydrogen-bond donors (Lipinski definition) is 1. The van der Waals surface area contributed by atoms with Crippen LogP contribution in [0.2, 0.25) is 0 Å². The molecule has 0 fully saturated rings. The fourth-order valence-electron chi connectivity index (χ4n) is 2.06. The van der Waals surface area contributed by atoms with Crippen molar-refractivity contribution in [2.24, 2.45) is 0 Å². The molecule has 1 heterocycles. The van der Waals surface area contributed by atoms with E-state index in [4.69, 9.17) is 9.47 Å².